The molecule has 0 saturated heterocycles. The van der Waals surface area contributed by atoms with Crippen molar-refractivity contribution in [2.24, 2.45) is 0 Å². The van der Waals surface area contributed by atoms with Crippen molar-refractivity contribution in [1.29, 1.82) is 0 Å². The van der Waals surface area contributed by atoms with Crippen molar-refractivity contribution < 1.29 is 28.4 Å². The van der Waals surface area contributed by atoms with Crippen molar-refractivity contribution in [3.63, 3.8) is 0 Å². The standard InChI is InChI=1S/C21H28N2O7P/c1-12(2)29-31(27,30-13(3)4)20-15(6)22-14(5)18(21(24)28-7)19(20)16-9-8-10-17(11-16)23(25)26/h8-13,27H,1-7H3/q+1. The van der Waals surface area contributed by atoms with Crippen LogP contribution >= 0.6 is 7.94 Å². The van der Waals surface area contributed by atoms with Crippen LogP contribution in [0.15, 0.2) is 24.3 Å². The lowest BCUT2D eigenvalue weighted by atomic mass is 9.97. The molecule has 0 spiro atoms. The van der Waals surface area contributed by atoms with Crippen molar-refractivity contribution in [3.8, 4) is 11.1 Å². The van der Waals surface area contributed by atoms with Crippen LogP contribution in [0, 0.1) is 24.0 Å². The molecule has 0 aliphatic rings. The maximum atomic E-state index is 12.7. The molecule has 0 aliphatic heterocycles. The monoisotopic (exact) mass is 451 g/mol. The maximum Gasteiger partial charge on any atom is 0.449 e. The Morgan fingerprint density at radius 3 is 2.19 bits per heavy atom. The smallest absolute Gasteiger partial charge is 0.449 e. The van der Waals surface area contributed by atoms with Gasteiger partial charge in [0.2, 0.25) is 5.30 Å². The fourth-order valence-corrected chi connectivity index (χ4v) is 5.68. The highest BCUT2D eigenvalue weighted by Gasteiger charge is 2.51. The summed E-state index contributed by atoms with van der Waals surface area (Å²) in [6, 6.07) is 5.80. The lowest BCUT2D eigenvalue weighted by molar-refractivity contribution is -0.384. The highest BCUT2D eigenvalue weighted by molar-refractivity contribution is 7.69. The number of nitro groups is 1. The first-order chi connectivity index (χ1) is 14.4. The van der Waals surface area contributed by atoms with Gasteiger partial charge in [0.1, 0.15) is 12.2 Å². The van der Waals surface area contributed by atoms with E-state index in [0.29, 0.717) is 17.0 Å². The number of hydrogen-bond acceptors (Lipinski definition) is 8. The third-order valence-electron chi connectivity index (χ3n) is 4.25. The number of non-ortho nitro benzene ring substituents is 1. The molecule has 1 aromatic heterocycles. The number of aromatic nitrogens is 1. The SMILES string of the molecule is COC(=O)c1c(C)nc(C)c([P+](O)(OC(C)C)OC(C)C)c1-c1cccc([N+](=O)[O-])c1. The molecule has 2 aromatic rings. The molecule has 0 fully saturated rings. The molecule has 9 nitrogen and oxygen atoms in total. The highest BCUT2D eigenvalue weighted by atomic mass is 31.2. The Bertz CT molecular complexity index is 982. The highest BCUT2D eigenvalue weighted by Crippen LogP contribution is 2.60. The van der Waals surface area contributed by atoms with Crippen LogP contribution in [0.2, 0.25) is 0 Å². The van der Waals surface area contributed by atoms with Crippen molar-refractivity contribution in [2.45, 2.75) is 53.8 Å². The van der Waals surface area contributed by atoms with Gasteiger partial charge < -0.3 is 4.74 Å². The molecule has 1 aromatic carbocycles. The molecule has 1 heterocycles. The second kappa shape index (κ2) is 9.78. The molecular formula is C21H28N2O7P+. The van der Waals surface area contributed by atoms with Crippen molar-refractivity contribution >= 4 is 24.9 Å². The molecule has 0 radical (unpaired) electrons. The van der Waals surface area contributed by atoms with Gasteiger partial charge in [0, 0.05) is 12.1 Å². The molecule has 10 heteroatoms. The zero-order chi connectivity index (χ0) is 23.5. The summed E-state index contributed by atoms with van der Waals surface area (Å²) in [5.41, 5.74) is 1.26. The fourth-order valence-electron chi connectivity index (χ4n) is 3.30. The Morgan fingerprint density at radius 2 is 1.71 bits per heavy atom. The third-order valence-corrected chi connectivity index (χ3v) is 6.78. The fraction of sp³-hybridized carbons (Fsp3) is 0.429. The number of carbonyl (C=O) groups excluding carboxylic acids is 1. The lowest BCUT2D eigenvalue weighted by Gasteiger charge is -2.25. The number of pyridine rings is 1. The molecule has 1 N–H and O–H groups in total. The third kappa shape index (κ3) is 5.43. The van der Waals surface area contributed by atoms with E-state index in [4.69, 9.17) is 13.8 Å². The van der Waals surface area contributed by atoms with Crippen LogP contribution in [0.1, 0.15) is 49.4 Å². The van der Waals surface area contributed by atoms with E-state index in [0.717, 1.165) is 0 Å². The molecular weight excluding hydrogens is 423 g/mol. The van der Waals surface area contributed by atoms with Gasteiger partial charge in [0.05, 0.1) is 34.5 Å². The van der Waals surface area contributed by atoms with Gasteiger partial charge in [-0.1, -0.05) is 12.1 Å². The Labute approximate surface area is 182 Å². The molecule has 0 amide bonds. The number of nitrogens with zero attached hydrogens (tertiary/aromatic N) is 2. The predicted molar refractivity (Wildman–Crippen MR) is 118 cm³/mol. The van der Waals surface area contributed by atoms with Gasteiger partial charge in [-0.2, -0.15) is 13.9 Å². The summed E-state index contributed by atoms with van der Waals surface area (Å²) in [6.07, 6.45) is -0.811. The van der Waals surface area contributed by atoms with E-state index in [1.807, 2.05) is 0 Å². The van der Waals surface area contributed by atoms with Gasteiger partial charge in [0.25, 0.3) is 5.69 Å². The normalized spacial score (nSPS) is 11.8. The number of rotatable bonds is 8. The average Bonchev–Trinajstić information content (AvgIpc) is 2.65. The van der Waals surface area contributed by atoms with Crippen molar-refractivity contribution in [2.75, 3.05) is 7.11 Å². The minimum atomic E-state index is -3.75. The molecule has 168 valence electrons. The number of aryl methyl sites for hydroxylation is 2. The van der Waals surface area contributed by atoms with E-state index < -0.39 is 31.0 Å². The number of esters is 1. The summed E-state index contributed by atoms with van der Waals surface area (Å²) >= 11 is 0. The van der Waals surface area contributed by atoms with Gasteiger partial charge in [0.15, 0.2) is 0 Å². The van der Waals surface area contributed by atoms with Gasteiger partial charge in [-0.25, -0.2) is 4.79 Å². The summed E-state index contributed by atoms with van der Waals surface area (Å²) < 4.78 is 16.7. The zero-order valence-corrected chi connectivity index (χ0v) is 19.6. The van der Waals surface area contributed by atoms with Crippen LogP contribution in [0.5, 0.6) is 0 Å². The summed E-state index contributed by atoms with van der Waals surface area (Å²) in [5.74, 6) is -0.687. The minimum Gasteiger partial charge on any atom is -0.465 e. The Balaban J connectivity index is 3.01. The van der Waals surface area contributed by atoms with Crippen molar-refractivity contribution in [1.82, 2.24) is 4.98 Å². The van der Waals surface area contributed by atoms with Crippen LogP contribution in [-0.4, -0.2) is 40.1 Å². The first-order valence-corrected chi connectivity index (χ1v) is 11.3. The van der Waals surface area contributed by atoms with E-state index in [1.165, 1.54) is 25.3 Å². The molecule has 31 heavy (non-hydrogen) atoms. The maximum absolute atomic E-state index is 12.7. The topological polar surface area (TPSA) is 121 Å². The van der Waals surface area contributed by atoms with Crippen LogP contribution in [0.25, 0.3) is 11.1 Å². The predicted octanol–water partition coefficient (Wildman–Crippen LogP) is 4.29. The molecule has 0 aliphatic carbocycles. The Morgan fingerprint density at radius 1 is 1.13 bits per heavy atom. The molecule has 0 unspecified atom stereocenters. The summed E-state index contributed by atoms with van der Waals surface area (Å²) in [4.78, 5) is 39.7. The summed E-state index contributed by atoms with van der Waals surface area (Å²) in [7, 11) is -2.52. The minimum absolute atomic E-state index is 0.0849. The Hall–Kier alpha value is -2.45. The zero-order valence-electron chi connectivity index (χ0n) is 18.7. The van der Waals surface area contributed by atoms with Crippen LogP contribution in [-0.2, 0) is 13.8 Å². The molecule has 2 rings (SSSR count). The van der Waals surface area contributed by atoms with Crippen molar-refractivity contribution in [3.05, 3.63) is 51.3 Å². The second-order valence-electron chi connectivity index (χ2n) is 7.51. The number of benzene rings is 1. The second-order valence-corrected chi connectivity index (χ2v) is 9.42. The first kappa shape index (κ1) is 24.8. The number of hydrogen-bond donors (Lipinski definition) is 1. The van der Waals surface area contributed by atoms with E-state index in [9.17, 15) is 19.8 Å². The van der Waals surface area contributed by atoms with Gasteiger partial charge in [-0.15, -0.1) is 0 Å². The van der Waals surface area contributed by atoms with E-state index in [1.54, 1.807) is 47.6 Å². The average molecular weight is 451 g/mol. The van der Waals surface area contributed by atoms with Crippen LogP contribution < -0.4 is 5.30 Å². The summed E-state index contributed by atoms with van der Waals surface area (Å²) in [6.45, 7) is 10.3. The van der Waals surface area contributed by atoms with Gasteiger partial charge >= 0.3 is 13.9 Å². The largest absolute Gasteiger partial charge is 0.465 e. The van der Waals surface area contributed by atoms with Gasteiger partial charge in [-0.05, 0) is 47.1 Å². The summed E-state index contributed by atoms with van der Waals surface area (Å²) in [5, 5.41) is 11.6. The van der Waals surface area contributed by atoms with E-state index in [-0.39, 0.29) is 22.1 Å². The van der Waals surface area contributed by atoms with E-state index >= 15 is 0 Å². The van der Waals surface area contributed by atoms with Crippen LogP contribution in [0.4, 0.5) is 5.69 Å². The quantitative estimate of drug-likeness (QED) is 0.273. The van der Waals surface area contributed by atoms with Crippen LogP contribution in [0.3, 0.4) is 0 Å². The number of ether oxygens (including phenoxy) is 1. The van der Waals surface area contributed by atoms with Gasteiger partial charge in [-0.3, -0.25) is 15.1 Å². The number of nitro benzene ring substituents is 1. The lowest BCUT2D eigenvalue weighted by Crippen LogP contribution is -2.29. The molecule has 0 bridgehead atoms. The number of carbonyl (C=O) groups is 1. The number of methoxy groups -OCH3 is 1. The molecule has 0 atom stereocenters. The first-order valence-electron chi connectivity index (χ1n) is 9.74. The van der Waals surface area contributed by atoms with E-state index in [2.05, 4.69) is 4.98 Å². The Kier molecular flexibility index (Phi) is 7.83. The molecule has 0 saturated carbocycles.